The molecule has 3 aromatic carbocycles. The lowest BCUT2D eigenvalue weighted by molar-refractivity contribution is 0.238. The summed E-state index contributed by atoms with van der Waals surface area (Å²) in [5.74, 6) is 2.48. The number of ether oxygens (including phenoxy) is 2. The van der Waals surface area contributed by atoms with Crippen LogP contribution in [-0.4, -0.2) is 44.8 Å². The van der Waals surface area contributed by atoms with Crippen LogP contribution in [0.5, 0.6) is 11.5 Å². The molecule has 1 heterocycles. The molecule has 1 atom stereocenters. The molecule has 190 valence electrons. The summed E-state index contributed by atoms with van der Waals surface area (Å²) < 4.78 is 11.5. The molecule has 1 aliphatic carbocycles. The van der Waals surface area contributed by atoms with Crippen molar-refractivity contribution in [2.24, 2.45) is 0 Å². The second kappa shape index (κ2) is 11.8. The van der Waals surface area contributed by atoms with Crippen molar-refractivity contribution in [1.82, 2.24) is 4.90 Å². The summed E-state index contributed by atoms with van der Waals surface area (Å²) in [6.07, 6.45) is 6.04. The smallest absolute Gasteiger partial charge is 0.119 e. The monoisotopic (exact) mass is 484 g/mol. The van der Waals surface area contributed by atoms with Gasteiger partial charge in [0.05, 0.1) is 7.11 Å². The molecule has 0 bridgehead atoms. The number of nitrogens with zero attached hydrogens (tertiary/aromatic N) is 2. The lowest BCUT2D eigenvalue weighted by atomic mass is 9.79. The van der Waals surface area contributed by atoms with Crippen molar-refractivity contribution in [2.45, 2.75) is 51.5 Å². The lowest BCUT2D eigenvalue weighted by Crippen LogP contribution is -2.25. The average molecular weight is 485 g/mol. The zero-order valence-corrected chi connectivity index (χ0v) is 21.9. The van der Waals surface area contributed by atoms with Crippen molar-refractivity contribution in [1.29, 1.82) is 0 Å². The summed E-state index contributed by atoms with van der Waals surface area (Å²) in [6.45, 7) is 8.38. The van der Waals surface area contributed by atoms with Crippen LogP contribution in [0.25, 0.3) is 0 Å². The van der Waals surface area contributed by atoms with Gasteiger partial charge in [0, 0.05) is 25.3 Å². The Hall–Kier alpha value is -2.98. The Kier molecular flexibility index (Phi) is 8.12. The topological polar surface area (TPSA) is 24.9 Å². The molecule has 1 aliphatic heterocycles. The van der Waals surface area contributed by atoms with E-state index >= 15 is 0 Å². The normalized spacial score (nSPS) is 17.6. The molecule has 0 radical (unpaired) electrons. The first-order chi connectivity index (χ1) is 17.7. The summed E-state index contributed by atoms with van der Waals surface area (Å²) in [6, 6.07) is 24.3. The van der Waals surface area contributed by atoms with Crippen molar-refractivity contribution in [3.8, 4) is 11.5 Å². The van der Waals surface area contributed by atoms with E-state index in [-0.39, 0.29) is 0 Å². The third-order valence-electron chi connectivity index (χ3n) is 7.91. The van der Waals surface area contributed by atoms with Crippen LogP contribution in [0.15, 0.2) is 66.7 Å². The Morgan fingerprint density at radius 2 is 1.69 bits per heavy atom. The van der Waals surface area contributed by atoms with Crippen LogP contribution < -0.4 is 14.4 Å². The molecule has 0 amide bonds. The van der Waals surface area contributed by atoms with E-state index in [9.17, 15) is 0 Å². The molecule has 0 saturated carbocycles. The summed E-state index contributed by atoms with van der Waals surface area (Å²) in [5.41, 5.74) is 7.07. The van der Waals surface area contributed by atoms with E-state index in [4.69, 9.17) is 9.47 Å². The summed E-state index contributed by atoms with van der Waals surface area (Å²) in [7, 11) is 1.75. The van der Waals surface area contributed by atoms with Crippen LogP contribution >= 0.6 is 0 Å². The molecular weight excluding hydrogens is 444 g/mol. The lowest BCUT2D eigenvalue weighted by Gasteiger charge is -2.31. The Morgan fingerprint density at radius 3 is 2.47 bits per heavy atom. The number of anilines is 1. The minimum absolute atomic E-state index is 0.544. The molecule has 4 heteroatoms. The van der Waals surface area contributed by atoms with Crippen molar-refractivity contribution >= 4 is 5.69 Å². The van der Waals surface area contributed by atoms with Crippen LogP contribution in [-0.2, 0) is 19.4 Å². The Bertz CT molecular complexity index is 1120. The molecular formula is C32H40N2O2. The maximum Gasteiger partial charge on any atom is 0.119 e. The number of benzene rings is 3. The Balaban J connectivity index is 1.24. The molecule has 1 saturated heterocycles. The van der Waals surface area contributed by atoms with E-state index in [2.05, 4.69) is 83.5 Å². The molecule has 1 fully saturated rings. The van der Waals surface area contributed by atoms with Crippen LogP contribution in [0.1, 0.15) is 54.4 Å². The molecule has 2 aliphatic rings. The molecule has 0 N–H and O–H groups in total. The minimum atomic E-state index is 0.544. The number of aryl methyl sites for hydroxylation is 1. The van der Waals surface area contributed by atoms with Crippen LogP contribution in [0.3, 0.4) is 0 Å². The van der Waals surface area contributed by atoms with E-state index in [0.29, 0.717) is 5.92 Å². The number of likely N-dealkylation sites (tertiary alicyclic amines) is 1. The predicted molar refractivity (Wildman–Crippen MR) is 149 cm³/mol. The van der Waals surface area contributed by atoms with Gasteiger partial charge in [-0.05, 0) is 111 Å². The Labute approximate surface area is 216 Å². The molecule has 0 spiro atoms. The van der Waals surface area contributed by atoms with Crippen LogP contribution in [0.4, 0.5) is 5.69 Å². The zero-order chi connectivity index (χ0) is 24.7. The highest BCUT2D eigenvalue weighted by Gasteiger charge is 2.24. The van der Waals surface area contributed by atoms with E-state index < -0.39 is 0 Å². The first-order valence-electron chi connectivity index (χ1n) is 13.7. The third kappa shape index (κ3) is 5.87. The average Bonchev–Trinajstić information content (AvgIpc) is 3.45. The van der Waals surface area contributed by atoms with Gasteiger partial charge in [0.25, 0.3) is 0 Å². The van der Waals surface area contributed by atoms with Gasteiger partial charge in [-0.25, -0.2) is 0 Å². The highest BCUT2D eigenvalue weighted by atomic mass is 16.5. The Morgan fingerprint density at radius 1 is 0.917 bits per heavy atom. The molecule has 36 heavy (non-hydrogen) atoms. The summed E-state index contributed by atoms with van der Waals surface area (Å²) in [5, 5.41) is 0. The van der Waals surface area contributed by atoms with Gasteiger partial charge in [-0.2, -0.15) is 0 Å². The number of fused-ring (bicyclic) bond motifs is 1. The molecule has 0 aromatic heterocycles. The SMILES string of the molecule is CCN(Cc1ccc(OCCN2CCCC2)cc1)c1ccccc1C1CCc2cc(OC)ccc2C1. The maximum absolute atomic E-state index is 6.02. The van der Waals surface area contributed by atoms with Crippen molar-refractivity contribution in [2.75, 3.05) is 44.8 Å². The number of rotatable bonds is 10. The predicted octanol–water partition coefficient (Wildman–Crippen LogP) is 6.47. The number of para-hydroxylation sites is 1. The maximum atomic E-state index is 6.02. The van der Waals surface area contributed by atoms with E-state index in [0.717, 1.165) is 50.6 Å². The molecule has 3 aromatic rings. The van der Waals surface area contributed by atoms with Gasteiger partial charge < -0.3 is 14.4 Å². The fourth-order valence-electron chi connectivity index (χ4n) is 5.82. The van der Waals surface area contributed by atoms with Crippen molar-refractivity contribution in [3.05, 3.63) is 89.0 Å². The van der Waals surface area contributed by atoms with Crippen LogP contribution in [0.2, 0.25) is 0 Å². The van der Waals surface area contributed by atoms with E-state index in [1.54, 1.807) is 7.11 Å². The van der Waals surface area contributed by atoms with Gasteiger partial charge >= 0.3 is 0 Å². The van der Waals surface area contributed by atoms with E-state index in [1.165, 1.54) is 60.3 Å². The van der Waals surface area contributed by atoms with Gasteiger partial charge in [0.15, 0.2) is 0 Å². The van der Waals surface area contributed by atoms with Gasteiger partial charge in [-0.3, -0.25) is 4.90 Å². The second-order valence-electron chi connectivity index (χ2n) is 10.2. The summed E-state index contributed by atoms with van der Waals surface area (Å²) in [4.78, 5) is 5.01. The van der Waals surface area contributed by atoms with Crippen molar-refractivity contribution in [3.63, 3.8) is 0 Å². The van der Waals surface area contributed by atoms with Gasteiger partial charge in [0.2, 0.25) is 0 Å². The highest BCUT2D eigenvalue weighted by molar-refractivity contribution is 5.56. The minimum Gasteiger partial charge on any atom is -0.497 e. The number of methoxy groups -OCH3 is 1. The molecule has 1 unspecified atom stereocenters. The van der Waals surface area contributed by atoms with Gasteiger partial charge in [-0.1, -0.05) is 36.4 Å². The van der Waals surface area contributed by atoms with Crippen molar-refractivity contribution < 1.29 is 9.47 Å². The first-order valence-corrected chi connectivity index (χ1v) is 13.7. The highest BCUT2D eigenvalue weighted by Crippen LogP contribution is 2.38. The second-order valence-corrected chi connectivity index (χ2v) is 10.2. The van der Waals surface area contributed by atoms with Crippen LogP contribution in [0, 0.1) is 0 Å². The number of hydrogen-bond acceptors (Lipinski definition) is 4. The fraction of sp³-hybridized carbons (Fsp3) is 0.438. The standard InChI is InChI=1S/C32H40N2O2/c1-3-34(24-25-10-15-29(16-11-25)36-21-20-33-18-6-7-19-33)32-9-5-4-8-31(32)28-13-12-27-23-30(35-2)17-14-26(27)22-28/h4-5,8-11,14-17,23,28H,3,6-7,12-13,18-22,24H2,1-2H3. The molecule has 5 rings (SSSR count). The quantitative estimate of drug-likeness (QED) is 0.329. The van der Waals surface area contributed by atoms with Gasteiger partial charge in [0.1, 0.15) is 18.1 Å². The molecule has 4 nitrogen and oxygen atoms in total. The summed E-state index contributed by atoms with van der Waals surface area (Å²) >= 11 is 0. The fourth-order valence-corrected chi connectivity index (χ4v) is 5.82. The largest absolute Gasteiger partial charge is 0.497 e. The third-order valence-corrected chi connectivity index (χ3v) is 7.91. The van der Waals surface area contributed by atoms with E-state index in [1.807, 2.05) is 0 Å². The van der Waals surface area contributed by atoms with Gasteiger partial charge in [-0.15, -0.1) is 0 Å². The number of hydrogen-bond donors (Lipinski definition) is 0. The zero-order valence-electron chi connectivity index (χ0n) is 21.9. The first kappa shape index (κ1) is 24.7.